The first kappa shape index (κ1) is 21.6. The monoisotopic (exact) mass is 555 g/mol. The van der Waals surface area contributed by atoms with E-state index < -0.39 is 0 Å². The van der Waals surface area contributed by atoms with Gasteiger partial charge in [0.25, 0.3) is 0 Å². The molecule has 0 aliphatic heterocycles. The number of benzene rings is 4. The molecular formula is C28H19Br2N3. The molecule has 0 radical (unpaired) electrons. The Hall–Kier alpha value is -3.28. The fourth-order valence-corrected chi connectivity index (χ4v) is 4.96. The standard InChI is InChI=1S/C28H19Br2N3/c29-23-14-22(15-24(30)16-23)27-17-26(32-28(33-27)21-4-2-1-3-5-21)20-8-6-18(7-9-20)19-10-12-25(31)13-11-19/h1-17H,31H2. The molecule has 0 saturated heterocycles. The molecule has 2 N–H and O–H groups in total. The minimum atomic E-state index is 0.696. The number of anilines is 1. The molecule has 5 aromatic rings. The van der Waals surface area contributed by atoms with Crippen LogP contribution in [0.25, 0.3) is 45.0 Å². The molecule has 0 atom stereocenters. The summed E-state index contributed by atoms with van der Waals surface area (Å²) in [6.07, 6.45) is 0. The molecule has 33 heavy (non-hydrogen) atoms. The predicted octanol–water partition coefficient (Wildman–Crippen LogP) is 8.25. The number of halogens is 2. The molecule has 0 aliphatic rings. The summed E-state index contributed by atoms with van der Waals surface area (Å²) in [5, 5.41) is 0. The molecule has 3 nitrogen and oxygen atoms in total. The van der Waals surface area contributed by atoms with Gasteiger partial charge in [0.05, 0.1) is 11.4 Å². The van der Waals surface area contributed by atoms with Crippen molar-refractivity contribution in [3.05, 3.63) is 112 Å². The van der Waals surface area contributed by atoms with Gasteiger partial charge >= 0.3 is 0 Å². The second-order valence-electron chi connectivity index (χ2n) is 7.69. The first-order valence-corrected chi connectivity index (χ1v) is 12.0. The number of nitrogen functional groups attached to an aromatic ring is 1. The van der Waals surface area contributed by atoms with Gasteiger partial charge in [0.2, 0.25) is 0 Å². The molecule has 0 amide bonds. The van der Waals surface area contributed by atoms with Crippen molar-refractivity contribution in [1.82, 2.24) is 9.97 Å². The average Bonchev–Trinajstić information content (AvgIpc) is 2.84. The van der Waals surface area contributed by atoms with Crippen LogP contribution in [-0.4, -0.2) is 9.97 Å². The van der Waals surface area contributed by atoms with E-state index in [1.54, 1.807) is 0 Å². The van der Waals surface area contributed by atoms with E-state index in [0.717, 1.165) is 53.8 Å². The molecular weight excluding hydrogens is 538 g/mol. The van der Waals surface area contributed by atoms with Crippen LogP contribution in [0.3, 0.4) is 0 Å². The summed E-state index contributed by atoms with van der Waals surface area (Å²) in [5.41, 5.74) is 13.6. The second-order valence-corrected chi connectivity index (χ2v) is 9.52. The van der Waals surface area contributed by atoms with E-state index in [9.17, 15) is 0 Å². The highest BCUT2D eigenvalue weighted by Gasteiger charge is 2.12. The Kier molecular flexibility index (Phi) is 6.07. The first-order valence-electron chi connectivity index (χ1n) is 10.4. The highest BCUT2D eigenvalue weighted by atomic mass is 79.9. The Morgan fingerprint density at radius 2 is 1.00 bits per heavy atom. The molecule has 160 valence electrons. The van der Waals surface area contributed by atoms with Crippen molar-refractivity contribution in [3.8, 4) is 45.0 Å². The topological polar surface area (TPSA) is 51.8 Å². The van der Waals surface area contributed by atoms with Gasteiger partial charge in [-0.3, -0.25) is 0 Å². The number of nitrogens with zero attached hydrogens (tertiary/aromatic N) is 2. The van der Waals surface area contributed by atoms with Gasteiger partial charge in [0, 0.05) is 31.3 Å². The number of hydrogen-bond acceptors (Lipinski definition) is 3. The Bertz CT molecular complexity index is 1390. The van der Waals surface area contributed by atoms with Crippen LogP contribution in [0.4, 0.5) is 5.69 Å². The summed E-state index contributed by atoms with van der Waals surface area (Å²) in [7, 11) is 0. The first-order chi connectivity index (χ1) is 16.0. The molecule has 4 aromatic carbocycles. The minimum Gasteiger partial charge on any atom is -0.399 e. The summed E-state index contributed by atoms with van der Waals surface area (Å²) < 4.78 is 1.97. The smallest absolute Gasteiger partial charge is 0.160 e. The summed E-state index contributed by atoms with van der Waals surface area (Å²) in [5.74, 6) is 0.696. The van der Waals surface area contributed by atoms with Crippen molar-refractivity contribution in [2.24, 2.45) is 0 Å². The molecule has 5 rings (SSSR count). The van der Waals surface area contributed by atoms with Gasteiger partial charge in [0.1, 0.15) is 0 Å². The predicted molar refractivity (Wildman–Crippen MR) is 144 cm³/mol. The van der Waals surface area contributed by atoms with E-state index in [0.29, 0.717) is 5.82 Å². The Balaban J connectivity index is 1.61. The third kappa shape index (κ3) is 4.90. The van der Waals surface area contributed by atoms with Crippen molar-refractivity contribution in [2.45, 2.75) is 0 Å². The van der Waals surface area contributed by atoms with Gasteiger partial charge in [-0.15, -0.1) is 0 Å². The molecule has 1 aromatic heterocycles. The summed E-state index contributed by atoms with van der Waals surface area (Å²) in [6.45, 7) is 0. The quantitative estimate of drug-likeness (QED) is 0.227. The highest BCUT2D eigenvalue weighted by Crippen LogP contribution is 2.32. The number of hydrogen-bond donors (Lipinski definition) is 1. The van der Waals surface area contributed by atoms with Gasteiger partial charge in [0.15, 0.2) is 5.82 Å². The largest absolute Gasteiger partial charge is 0.399 e. The zero-order valence-electron chi connectivity index (χ0n) is 17.5. The molecule has 1 heterocycles. The fraction of sp³-hybridized carbons (Fsp3) is 0. The Labute approximate surface area is 209 Å². The van der Waals surface area contributed by atoms with Gasteiger partial charge in [-0.1, -0.05) is 98.6 Å². The SMILES string of the molecule is Nc1ccc(-c2ccc(-c3cc(-c4cc(Br)cc(Br)c4)nc(-c4ccccc4)n3)cc2)cc1. The lowest BCUT2D eigenvalue weighted by molar-refractivity contribution is 1.18. The lowest BCUT2D eigenvalue weighted by Crippen LogP contribution is -1.96. The molecule has 0 fully saturated rings. The lowest BCUT2D eigenvalue weighted by Gasteiger charge is -2.11. The summed E-state index contributed by atoms with van der Waals surface area (Å²) >= 11 is 7.18. The molecule has 0 bridgehead atoms. The van der Waals surface area contributed by atoms with E-state index in [-0.39, 0.29) is 0 Å². The molecule has 0 unspecified atom stereocenters. The zero-order chi connectivity index (χ0) is 22.8. The number of nitrogens with two attached hydrogens (primary N) is 1. The van der Waals surface area contributed by atoms with Crippen LogP contribution in [0, 0.1) is 0 Å². The van der Waals surface area contributed by atoms with Crippen molar-refractivity contribution in [3.63, 3.8) is 0 Å². The average molecular weight is 557 g/mol. The van der Waals surface area contributed by atoms with Crippen molar-refractivity contribution in [2.75, 3.05) is 5.73 Å². The van der Waals surface area contributed by atoms with E-state index in [1.165, 1.54) is 0 Å². The van der Waals surface area contributed by atoms with Crippen LogP contribution >= 0.6 is 31.9 Å². The van der Waals surface area contributed by atoms with Gasteiger partial charge in [-0.05, 0) is 47.5 Å². The minimum absolute atomic E-state index is 0.696. The van der Waals surface area contributed by atoms with Crippen LogP contribution in [0.2, 0.25) is 0 Å². The van der Waals surface area contributed by atoms with Crippen LogP contribution in [0.1, 0.15) is 0 Å². The van der Waals surface area contributed by atoms with Crippen LogP contribution in [-0.2, 0) is 0 Å². The van der Waals surface area contributed by atoms with Gasteiger partial charge < -0.3 is 5.73 Å². The highest BCUT2D eigenvalue weighted by molar-refractivity contribution is 9.11. The number of aromatic nitrogens is 2. The number of rotatable bonds is 4. The van der Waals surface area contributed by atoms with Crippen LogP contribution in [0.5, 0.6) is 0 Å². The van der Waals surface area contributed by atoms with E-state index in [1.807, 2.05) is 66.7 Å². The van der Waals surface area contributed by atoms with Gasteiger partial charge in [-0.2, -0.15) is 0 Å². The Morgan fingerprint density at radius 3 is 1.61 bits per heavy atom. The second kappa shape index (κ2) is 9.30. The van der Waals surface area contributed by atoms with Crippen LogP contribution in [0.15, 0.2) is 112 Å². The van der Waals surface area contributed by atoms with E-state index in [4.69, 9.17) is 15.7 Å². The molecule has 5 heteroatoms. The summed E-state index contributed by atoms with van der Waals surface area (Å²) in [4.78, 5) is 9.80. The third-order valence-electron chi connectivity index (χ3n) is 5.34. The van der Waals surface area contributed by atoms with Crippen molar-refractivity contribution >= 4 is 37.5 Å². The van der Waals surface area contributed by atoms with Gasteiger partial charge in [-0.25, -0.2) is 9.97 Å². The fourth-order valence-electron chi connectivity index (χ4n) is 3.67. The normalized spacial score (nSPS) is 10.8. The molecule has 0 saturated carbocycles. The zero-order valence-corrected chi connectivity index (χ0v) is 20.7. The summed E-state index contributed by atoms with van der Waals surface area (Å²) in [6, 6.07) is 34.6. The van der Waals surface area contributed by atoms with E-state index in [2.05, 4.69) is 68.3 Å². The maximum Gasteiger partial charge on any atom is 0.160 e. The maximum atomic E-state index is 5.83. The van der Waals surface area contributed by atoms with Crippen LogP contribution < -0.4 is 5.73 Å². The Morgan fingerprint density at radius 1 is 0.485 bits per heavy atom. The molecule has 0 spiro atoms. The maximum absolute atomic E-state index is 5.83. The lowest BCUT2D eigenvalue weighted by atomic mass is 10.0. The third-order valence-corrected chi connectivity index (χ3v) is 6.26. The van der Waals surface area contributed by atoms with Crippen molar-refractivity contribution in [1.29, 1.82) is 0 Å². The van der Waals surface area contributed by atoms with E-state index >= 15 is 0 Å². The van der Waals surface area contributed by atoms with Crippen molar-refractivity contribution < 1.29 is 0 Å². The molecule has 0 aliphatic carbocycles.